The van der Waals surface area contributed by atoms with Gasteiger partial charge in [-0.05, 0) is 109 Å². The van der Waals surface area contributed by atoms with Crippen LogP contribution < -0.4 is 18.9 Å². The highest BCUT2D eigenvalue weighted by molar-refractivity contribution is 6.32. The topological polar surface area (TPSA) is 130 Å². The van der Waals surface area contributed by atoms with Gasteiger partial charge in [-0.2, -0.15) is 0 Å². The molecule has 5 aromatic carbocycles. The fourth-order valence-corrected chi connectivity index (χ4v) is 7.67. The van der Waals surface area contributed by atoms with Crippen LogP contribution in [0.2, 0.25) is 5.02 Å². The van der Waals surface area contributed by atoms with Crippen molar-refractivity contribution < 1.29 is 47.6 Å². The van der Waals surface area contributed by atoms with Gasteiger partial charge in [0, 0.05) is 18.9 Å². The molecule has 2 atom stereocenters. The number of carbonyl (C=O) groups excluding carboxylic acids is 4. The molecule has 0 radical (unpaired) electrons. The molecule has 0 aromatic heterocycles. The lowest BCUT2D eigenvalue weighted by Gasteiger charge is -2.10. The first kappa shape index (κ1) is 47.2. The number of carbonyl (C=O) groups is 4. The molecule has 2 heterocycles. The Morgan fingerprint density at radius 1 is 0.431 bits per heavy atom. The van der Waals surface area contributed by atoms with Crippen LogP contribution in [-0.4, -0.2) is 49.3 Å². The summed E-state index contributed by atoms with van der Waals surface area (Å²) in [5, 5.41) is 0.169. The summed E-state index contributed by atoms with van der Waals surface area (Å²) < 4.78 is 32.8. The predicted octanol–water partition coefficient (Wildman–Crippen LogP) is 13.0. The summed E-state index contributed by atoms with van der Waals surface area (Å²) in [7, 11) is 0. The molecule has 2 saturated heterocycles. The van der Waals surface area contributed by atoms with E-state index in [0.717, 1.165) is 74.0 Å². The van der Waals surface area contributed by atoms with E-state index >= 15 is 0 Å². The smallest absolute Gasteiger partial charge is 0.343 e. The summed E-state index contributed by atoms with van der Waals surface area (Å²) in [6.45, 7) is 1.85. The number of halogens is 1. The molecule has 2 unspecified atom stereocenters. The maximum absolute atomic E-state index is 13.1. The van der Waals surface area contributed by atoms with E-state index in [0.29, 0.717) is 47.7 Å². The van der Waals surface area contributed by atoms with Gasteiger partial charge in [0.1, 0.15) is 17.2 Å². The molecule has 7 rings (SSSR count). The Balaban J connectivity index is 0.815. The fraction of sp³-hybridized carbons (Fsp3) is 0.370. The van der Waals surface area contributed by atoms with Crippen LogP contribution in [-0.2, 0) is 19.1 Å². The van der Waals surface area contributed by atoms with Crippen LogP contribution in [0.3, 0.4) is 0 Å². The largest absolute Gasteiger partial charge is 0.427 e. The van der Waals surface area contributed by atoms with Crippen LogP contribution in [0.4, 0.5) is 0 Å². The van der Waals surface area contributed by atoms with Crippen LogP contribution in [0.1, 0.15) is 123 Å². The summed E-state index contributed by atoms with van der Waals surface area (Å²) in [6.07, 6.45) is 17.3. The van der Waals surface area contributed by atoms with E-state index < -0.39 is 11.9 Å². The highest BCUT2D eigenvalue weighted by atomic mass is 35.5. The Hall–Kier alpha value is -5.81. The standard InChI is InChI=1S/C54H57ClO10/c55-49-34-33-46(64-53(58)42-21-17-38(18-22-42)40-25-29-44(30-26-40)62-51(56)15-11-7-3-1-5-9-13-47-36-60-47)35-50(49)65-54(59)43-23-19-39(20-24-43)41-27-31-45(32-28-41)63-52(57)16-12-8-4-2-6-10-14-48-37-61-48/h17-35,47-48H,1-16,36-37H2. The Bertz CT molecular complexity index is 2320. The molecule has 2 aliphatic rings. The Morgan fingerprint density at radius 3 is 1.20 bits per heavy atom. The minimum absolute atomic E-state index is 0.0388. The minimum Gasteiger partial charge on any atom is -0.427 e. The zero-order valence-electron chi connectivity index (χ0n) is 36.8. The molecule has 10 nitrogen and oxygen atoms in total. The average Bonchev–Trinajstić information content (AvgIpc) is 4.27. The van der Waals surface area contributed by atoms with Crippen molar-refractivity contribution in [3.8, 4) is 45.3 Å². The number of rotatable bonds is 26. The molecule has 0 aliphatic carbocycles. The first-order chi connectivity index (χ1) is 31.8. The van der Waals surface area contributed by atoms with Gasteiger partial charge in [-0.1, -0.05) is 124 Å². The van der Waals surface area contributed by atoms with Crippen molar-refractivity contribution in [2.24, 2.45) is 0 Å². The average molecular weight is 901 g/mol. The van der Waals surface area contributed by atoms with Gasteiger partial charge in [0.25, 0.3) is 0 Å². The zero-order valence-corrected chi connectivity index (χ0v) is 37.6. The Kier molecular flexibility index (Phi) is 17.8. The van der Waals surface area contributed by atoms with E-state index in [2.05, 4.69) is 0 Å². The number of hydrogen-bond acceptors (Lipinski definition) is 10. The van der Waals surface area contributed by atoms with E-state index in [4.69, 9.17) is 40.0 Å². The fourth-order valence-electron chi connectivity index (χ4n) is 7.51. The van der Waals surface area contributed by atoms with E-state index in [1.165, 1.54) is 69.6 Å². The van der Waals surface area contributed by atoms with Gasteiger partial charge in [-0.15, -0.1) is 0 Å². The van der Waals surface area contributed by atoms with Crippen LogP contribution in [0.15, 0.2) is 115 Å². The lowest BCUT2D eigenvalue weighted by Crippen LogP contribution is -2.10. The van der Waals surface area contributed by atoms with Crippen molar-refractivity contribution in [3.05, 3.63) is 131 Å². The van der Waals surface area contributed by atoms with E-state index in [-0.39, 0.29) is 28.5 Å². The van der Waals surface area contributed by atoms with Crippen molar-refractivity contribution >= 4 is 35.5 Å². The van der Waals surface area contributed by atoms with Crippen molar-refractivity contribution in [1.29, 1.82) is 0 Å². The highest BCUT2D eigenvalue weighted by Crippen LogP contribution is 2.32. The van der Waals surface area contributed by atoms with Crippen LogP contribution in [0, 0.1) is 0 Å². The second-order valence-corrected chi connectivity index (χ2v) is 17.2. The number of unbranched alkanes of at least 4 members (excludes halogenated alkanes) is 10. The van der Waals surface area contributed by atoms with Crippen LogP contribution in [0.5, 0.6) is 23.0 Å². The third kappa shape index (κ3) is 16.0. The van der Waals surface area contributed by atoms with Gasteiger partial charge in [0.05, 0.1) is 41.6 Å². The Morgan fingerprint density at radius 2 is 0.785 bits per heavy atom. The molecule has 0 saturated carbocycles. The Labute approximate surface area is 386 Å². The molecule has 5 aromatic rings. The van der Waals surface area contributed by atoms with Crippen LogP contribution >= 0.6 is 11.6 Å². The zero-order chi connectivity index (χ0) is 45.2. The van der Waals surface area contributed by atoms with Gasteiger partial charge in [0.15, 0.2) is 5.75 Å². The molecule has 340 valence electrons. The SMILES string of the molecule is O=C(CCCCCCCCC1CO1)Oc1ccc(-c2ccc(C(=O)Oc3ccc(Cl)c(OC(=O)c4ccc(-c5ccc(OC(=O)CCCCCCCCC6CO6)cc5)cc4)c3)cc2)cc1. The molecular formula is C54H57ClO10. The molecule has 0 spiro atoms. The van der Waals surface area contributed by atoms with Gasteiger partial charge >= 0.3 is 23.9 Å². The van der Waals surface area contributed by atoms with E-state index in [1.807, 2.05) is 36.4 Å². The molecule has 0 amide bonds. The minimum atomic E-state index is -0.637. The second-order valence-electron chi connectivity index (χ2n) is 16.8. The van der Waals surface area contributed by atoms with Gasteiger partial charge in [0.2, 0.25) is 0 Å². The third-order valence-electron chi connectivity index (χ3n) is 11.5. The lowest BCUT2D eigenvalue weighted by molar-refractivity contribution is -0.135. The number of benzene rings is 5. The summed E-state index contributed by atoms with van der Waals surface area (Å²) >= 11 is 6.38. The first-order valence-electron chi connectivity index (χ1n) is 23.1. The highest BCUT2D eigenvalue weighted by Gasteiger charge is 2.22. The number of hydrogen-bond donors (Lipinski definition) is 0. The van der Waals surface area contributed by atoms with Crippen molar-refractivity contribution in [1.82, 2.24) is 0 Å². The van der Waals surface area contributed by atoms with Crippen LogP contribution in [0.25, 0.3) is 22.3 Å². The number of ether oxygens (including phenoxy) is 6. The second kappa shape index (κ2) is 24.5. The quantitative estimate of drug-likeness (QED) is 0.0229. The summed E-state index contributed by atoms with van der Waals surface area (Å²) in [4.78, 5) is 51.0. The maximum atomic E-state index is 13.1. The summed E-state index contributed by atoms with van der Waals surface area (Å²) in [5.41, 5.74) is 4.12. The van der Waals surface area contributed by atoms with Gasteiger partial charge < -0.3 is 28.4 Å². The van der Waals surface area contributed by atoms with Crippen molar-refractivity contribution in [2.75, 3.05) is 13.2 Å². The molecule has 11 heteroatoms. The molecule has 0 N–H and O–H groups in total. The number of esters is 4. The first-order valence-corrected chi connectivity index (χ1v) is 23.4. The molecule has 0 bridgehead atoms. The van der Waals surface area contributed by atoms with Gasteiger partial charge in [-0.3, -0.25) is 9.59 Å². The third-order valence-corrected chi connectivity index (χ3v) is 11.8. The van der Waals surface area contributed by atoms with E-state index in [1.54, 1.807) is 60.7 Å². The monoisotopic (exact) mass is 900 g/mol. The molecule has 65 heavy (non-hydrogen) atoms. The molecule has 2 aliphatic heterocycles. The summed E-state index contributed by atoms with van der Waals surface area (Å²) in [6, 6.07) is 32.7. The molecular weight excluding hydrogens is 844 g/mol. The predicted molar refractivity (Wildman–Crippen MR) is 250 cm³/mol. The normalized spacial score (nSPS) is 14.9. The lowest BCUT2D eigenvalue weighted by atomic mass is 10.0. The van der Waals surface area contributed by atoms with Crippen molar-refractivity contribution in [3.63, 3.8) is 0 Å². The molecule has 2 fully saturated rings. The van der Waals surface area contributed by atoms with E-state index in [9.17, 15) is 19.2 Å². The van der Waals surface area contributed by atoms with Crippen molar-refractivity contribution in [2.45, 2.75) is 115 Å². The number of epoxide rings is 2. The summed E-state index contributed by atoms with van der Waals surface area (Å²) in [5.74, 6) is -0.542. The maximum Gasteiger partial charge on any atom is 0.343 e. The van der Waals surface area contributed by atoms with Gasteiger partial charge in [-0.25, -0.2) is 9.59 Å².